The molecule has 1 N–H and O–H groups in total. The largest absolute Gasteiger partial charge is 0.338 e. The molecule has 5 heteroatoms. The Balaban J connectivity index is 1.52. The second-order valence-electron chi connectivity index (χ2n) is 7.76. The minimum atomic E-state index is -0.205. The van der Waals surface area contributed by atoms with Crippen molar-refractivity contribution in [3.8, 4) is 0 Å². The molecule has 1 saturated heterocycles. The van der Waals surface area contributed by atoms with Gasteiger partial charge in [-0.1, -0.05) is 29.8 Å². The lowest BCUT2D eigenvalue weighted by Crippen LogP contribution is -2.44. The molecule has 2 heterocycles. The number of fused-ring (bicyclic) bond motifs is 1. The van der Waals surface area contributed by atoms with Crippen LogP contribution in [0.5, 0.6) is 0 Å². The fourth-order valence-electron chi connectivity index (χ4n) is 3.92. The second-order valence-corrected chi connectivity index (χ2v) is 7.76. The van der Waals surface area contributed by atoms with Gasteiger partial charge in [0.25, 0.3) is 5.91 Å². The molecule has 1 unspecified atom stereocenters. The molecule has 5 nitrogen and oxygen atoms in total. The zero-order chi connectivity index (χ0) is 20.4. The van der Waals surface area contributed by atoms with Crippen LogP contribution < -0.4 is 5.32 Å². The maximum absolute atomic E-state index is 13.2. The van der Waals surface area contributed by atoms with Crippen LogP contribution in [0.3, 0.4) is 0 Å². The van der Waals surface area contributed by atoms with Gasteiger partial charge in [-0.3, -0.25) is 14.6 Å². The predicted octanol–water partition coefficient (Wildman–Crippen LogP) is 4.34. The predicted molar refractivity (Wildman–Crippen MR) is 115 cm³/mol. The Morgan fingerprint density at radius 1 is 1.07 bits per heavy atom. The number of nitrogens with one attached hydrogen (secondary N) is 1. The number of pyridine rings is 1. The number of anilines is 1. The van der Waals surface area contributed by atoms with E-state index in [0.29, 0.717) is 18.7 Å². The normalized spacial score (nSPS) is 16.6. The average molecular weight is 387 g/mol. The second kappa shape index (κ2) is 8.03. The number of hydrogen-bond acceptors (Lipinski definition) is 3. The molecule has 0 spiro atoms. The molecule has 29 heavy (non-hydrogen) atoms. The van der Waals surface area contributed by atoms with Crippen molar-refractivity contribution in [2.75, 3.05) is 18.4 Å². The highest BCUT2D eigenvalue weighted by molar-refractivity contribution is 5.99. The fourth-order valence-corrected chi connectivity index (χ4v) is 3.92. The van der Waals surface area contributed by atoms with Crippen molar-refractivity contribution in [2.24, 2.45) is 5.92 Å². The molecule has 2 amide bonds. The van der Waals surface area contributed by atoms with Crippen LogP contribution in [0, 0.1) is 19.8 Å². The molecule has 4 rings (SSSR count). The standard InChI is InChI=1S/C24H25N3O2/c1-16-10-11-22-19(13-16)14-21(17(2)25-22)24(29)27-12-6-7-18(15-27)23(28)26-20-8-4-3-5-9-20/h3-5,8-11,13-14,18H,6-7,12,15H2,1-2H3,(H,26,28). The van der Waals surface area contributed by atoms with E-state index in [1.54, 1.807) is 4.90 Å². The van der Waals surface area contributed by atoms with Crippen molar-refractivity contribution in [3.63, 3.8) is 0 Å². The van der Waals surface area contributed by atoms with Gasteiger partial charge >= 0.3 is 0 Å². The number of carbonyl (C=O) groups is 2. The first kappa shape index (κ1) is 19.1. The number of carbonyl (C=O) groups excluding carboxylic acids is 2. The van der Waals surface area contributed by atoms with Crippen molar-refractivity contribution < 1.29 is 9.59 Å². The summed E-state index contributed by atoms with van der Waals surface area (Å²) < 4.78 is 0. The monoisotopic (exact) mass is 387 g/mol. The lowest BCUT2D eigenvalue weighted by atomic mass is 9.96. The van der Waals surface area contributed by atoms with E-state index in [1.165, 1.54) is 0 Å². The number of amides is 2. The smallest absolute Gasteiger partial charge is 0.255 e. The van der Waals surface area contributed by atoms with Crippen molar-refractivity contribution in [1.82, 2.24) is 9.88 Å². The average Bonchev–Trinajstić information content (AvgIpc) is 2.74. The van der Waals surface area contributed by atoms with E-state index in [1.807, 2.05) is 68.4 Å². The van der Waals surface area contributed by atoms with Gasteiger partial charge in [0.05, 0.1) is 22.7 Å². The van der Waals surface area contributed by atoms with Gasteiger partial charge in [-0.2, -0.15) is 0 Å². The first-order valence-corrected chi connectivity index (χ1v) is 10.0. The quantitative estimate of drug-likeness (QED) is 0.727. The van der Waals surface area contributed by atoms with Crippen molar-refractivity contribution >= 4 is 28.4 Å². The molecule has 1 aromatic heterocycles. The number of piperidine rings is 1. The summed E-state index contributed by atoms with van der Waals surface area (Å²) >= 11 is 0. The number of likely N-dealkylation sites (tertiary alicyclic amines) is 1. The maximum Gasteiger partial charge on any atom is 0.255 e. The Bertz CT molecular complexity index is 1060. The minimum absolute atomic E-state index is 0.0299. The lowest BCUT2D eigenvalue weighted by molar-refractivity contribution is -0.121. The third kappa shape index (κ3) is 4.14. The zero-order valence-electron chi connectivity index (χ0n) is 16.8. The molecule has 0 aliphatic carbocycles. The van der Waals surface area contributed by atoms with Gasteiger partial charge in [0, 0.05) is 24.2 Å². The van der Waals surface area contributed by atoms with E-state index in [4.69, 9.17) is 0 Å². The number of benzene rings is 2. The zero-order valence-corrected chi connectivity index (χ0v) is 16.8. The Kier molecular flexibility index (Phi) is 5.30. The van der Waals surface area contributed by atoms with Crippen molar-refractivity contribution in [1.29, 1.82) is 0 Å². The molecule has 1 atom stereocenters. The summed E-state index contributed by atoms with van der Waals surface area (Å²) in [6.07, 6.45) is 1.61. The summed E-state index contributed by atoms with van der Waals surface area (Å²) in [5, 5.41) is 3.93. The summed E-state index contributed by atoms with van der Waals surface area (Å²) in [5.74, 6) is -0.280. The molecule has 3 aromatic rings. The van der Waals surface area contributed by atoms with Gasteiger partial charge in [0.15, 0.2) is 0 Å². The highest BCUT2D eigenvalue weighted by Gasteiger charge is 2.29. The molecule has 0 bridgehead atoms. The topological polar surface area (TPSA) is 62.3 Å². The third-order valence-corrected chi connectivity index (χ3v) is 5.51. The number of aromatic nitrogens is 1. The highest BCUT2D eigenvalue weighted by Crippen LogP contribution is 2.23. The van der Waals surface area contributed by atoms with Crippen LogP contribution in [0.4, 0.5) is 5.69 Å². The highest BCUT2D eigenvalue weighted by atomic mass is 16.2. The fraction of sp³-hybridized carbons (Fsp3) is 0.292. The van der Waals surface area contributed by atoms with Gasteiger partial charge < -0.3 is 10.2 Å². The van der Waals surface area contributed by atoms with E-state index in [2.05, 4.69) is 10.3 Å². The van der Waals surface area contributed by atoms with Crippen LogP contribution in [0.15, 0.2) is 54.6 Å². The molecule has 2 aromatic carbocycles. The molecule has 0 radical (unpaired) electrons. The van der Waals surface area contributed by atoms with E-state index in [0.717, 1.165) is 40.7 Å². The number of para-hydroxylation sites is 1. The van der Waals surface area contributed by atoms with Gasteiger partial charge in [0.1, 0.15) is 0 Å². The number of hydrogen-bond donors (Lipinski definition) is 1. The van der Waals surface area contributed by atoms with Crippen LogP contribution >= 0.6 is 0 Å². The summed E-state index contributed by atoms with van der Waals surface area (Å²) in [7, 11) is 0. The number of rotatable bonds is 3. The summed E-state index contributed by atoms with van der Waals surface area (Å²) in [6, 6.07) is 17.4. The van der Waals surface area contributed by atoms with Crippen LogP contribution in [0.1, 0.15) is 34.5 Å². The van der Waals surface area contributed by atoms with E-state index >= 15 is 0 Å². The molecule has 1 fully saturated rings. The summed E-state index contributed by atoms with van der Waals surface area (Å²) in [4.78, 5) is 32.3. The molecule has 1 aliphatic heterocycles. The summed E-state index contributed by atoms with van der Waals surface area (Å²) in [5.41, 5.74) is 4.15. The molecule has 1 aliphatic rings. The van der Waals surface area contributed by atoms with Gasteiger partial charge in [0.2, 0.25) is 5.91 Å². The number of nitrogens with zero attached hydrogens (tertiary/aromatic N) is 2. The Morgan fingerprint density at radius 3 is 2.66 bits per heavy atom. The van der Waals surface area contributed by atoms with E-state index in [-0.39, 0.29) is 17.7 Å². The third-order valence-electron chi connectivity index (χ3n) is 5.51. The van der Waals surface area contributed by atoms with Crippen LogP contribution in [-0.4, -0.2) is 34.8 Å². The van der Waals surface area contributed by atoms with Gasteiger partial charge in [-0.05, 0) is 57.0 Å². The van der Waals surface area contributed by atoms with E-state index < -0.39 is 0 Å². The Morgan fingerprint density at radius 2 is 1.86 bits per heavy atom. The summed E-state index contributed by atoms with van der Waals surface area (Å²) in [6.45, 7) is 5.00. The Hall–Kier alpha value is -3.21. The van der Waals surface area contributed by atoms with Crippen LogP contribution in [0.25, 0.3) is 10.9 Å². The molecule has 148 valence electrons. The molecular weight excluding hydrogens is 362 g/mol. The minimum Gasteiger partial charge on any atom is -0.338 e. The van der Waals surface area contributed by atoms with E-state index in [9.17, 15) is 9.59 Å². The SMILES string of the molecule is Cc1ccc2nc(C)c(C(=O)N3CCCC(C(=O)Nc4ccccc4)C3)cc2c1. The van der Waals surface area contributed by atoms with Crippen molar-refractivity contribution in [3.05, 3.63) is 71.4 Å². The van der Waals surface area contributed by atoms with Crippen molar-refractivity contribution in [2.45, 2.75) is 26.7 Å². The molecular formula is C24H25N3O2. The lowest BCUT2D eigenvalue weighted by Gasteiger charge is -2.32. The molecule has 0 saturated carbocycles. The first-order chi connectivity index (χ1) is 14.0. The Labute approximate surface area is 170 Å². The van der Waals surface area contributed by atoms with Gasteiger partial charge in [-0.15, -0.1) is 0 Å². The van der Waals surface area contributed by atoms with Crippen LogP contribution in [0.2, 0.25) is 0 Å². The number of aryl methyl sites for hydroxylation is 2. The first-order valence-electron chi connectivity index (χ1n) is 10.0. The van der Waals surface area contributed by atoms with Gasteiger partial charge in [-0.25, -0.2) is 0 Å². The maximum atomic E-state index is 13.2. The van der Waals surface area contributed by atoms with Crippen LogP contribution in [-0.2, 0) is 4.79 Å².